The van der Waals surface area contributed by atoms with E-state index in [0.29, 0.717) is 25.0 Å². The molecule has 20 heavy (non-hydrogen) atoms. The average molecular weight is 285 g/mol. The summed E-state index contributed by atoms with van der Waals surface area (Å²) in [6, 6.07) is 0.381. The number of nitrogens with one attached hydrogen (secondary N) is 1. The summed E-state index contributed by atoms with van der Waals surface area (Å²) in [7, 11) is 4.13. The van der Waals surface area contributed by atoms with Crippen LogP contribution in [0.5, 0.6) is 0 Å². The third-order valence-corrected chi connectivity index (χ3v) is 3.50. The van der Waals surface area contributed by atoms with Gasteiger partial charge in [-0.2, -0.15) is 0 Å². The van der Waals surface area contributed by atoms with Gasteiger partial charge in [0.15, 0.2) is 0 Å². The van der Waals surface area contributed by atoms with Crippen LogP contribution in [-0.2, 0) is 4.79 Å². The van der Waals surface area contributed by atoms with Gasteiger partial charge in [-0.05, 0) is 38.3 Å². The van der Waals surface area contributed by atoms with Gasteiger partial charge in [0.05, 0.1) is 5.92 Å². The molecule has 0 radical (unpaired) electrons. The minimum Gasteiger partial charge on any atom is -0.354 e. The second-order valence-electron chi connectivity index (χ2n) is 7.69. The van der Waals surface area contributed by atoms with Gasteiger partial charge in [0.1, 0.15) is 0 Å². The molecule has 0 bridgehead atoms. The second-order valence-corrected chi connectivity index (χ2v) is 7.69. The first kappa shape index (κ1) is 19.4. The largest absolute Gasteiger partial charge is 0.354 e. The Hall–Kier alpha value is -0.610. The minimum absolute atomic E-state index is 0.0862. The standard InChI is InChI=1S/C16H35N3O/c1-12(2)8-14(19(6)7)11-18-15(20)13(10-17)9-16(3,4)5/h12-14H,8-11,17H2,1-7H3,(H,18,20). The molecule has 0 aromatic heterocycles. The molecule has 0 fully saturated rings. The zero-order chi connectivity index (χ0) is 15.9. The predicted molar refractivity (Wildman–Crippen MR) is 86.6 cm³/mol. The van der Waals surface area contributed by atoms with Crippen molar-refractivity contribution in [1.29, 1.82) is 0 Å². The Morgan fingerprint density at radius 3 is 2.15 bits per heavy atom. The molecule has 4 heteroatoms. The van der Waals surface area contributed by atoms with E-state index >= 15 is 0 Å². The van der Waals surface area contributed by atoms with E-state index in [-0.39, 0.29) is 17.2 Å². The Morgan fingerprint density at radius 1 is 1.25 bits per heavy atom. The van der Waals surface area contributed by atoms with Crippen molar-refractivity contribution in [3.63, 3.8) is 0 Å². The SMILES string of the molecule is CC(C)CC(CNC(=O)C(CN)CC(C)(C)C)N(C)C. The van der Waals surface area contributed by atoms with E-state index in [4.69, 9.17) is 5.73 Å². The van der Waals surface area contributed by atoms with Crippen LogP contribution >= 0.6 is 0 Å². The zero-order valence-electron chi connectivity index (χ0n) is 14.5. The Labute approximate surface area is 125 Å². The summed E-state index contributed by atoms with van der Waals surface area (Å²) >= 11 is 0. The van der Waals surface area contributed by atoms with Crippen molar-refractivity contribution in [3.05, 3.63) is 0 Å². The van der Waals surface area contributed by atoms with E-state index < -0.39 is 0 Å². The van der Waals surface area contributed by atoms with E-state index in [9.17, 15) is 4.79 Å². The molecule has 1 amide bonds. The maximum atomic E-state index is 12.3. The predicted octanol–water partition coefficient (Wildman–Crippen LogP) is 2.09. The van der Waals surface area contributed by atoms with Crippen LogP contribution in [0.3, 0.4) is 0 Å². The van der Waals surface area contributed by atoms with Gasteiger partial charge >= 0.3 is 0 Å². The fraction of sp³-hybridized carbons (Fsp3) is 0.938. The molecule has 0 aromatic rings. The number of hydrogen-bond acceptors (Lipinski definition) is 3. The third kappa shape index (κ3) is 8.54. The molecule has 4 nitrogen and oxygen atoms in total. The number of rotatable bonds is 8. The van der Waals surface area contributed by atoms with Gasteiger partial charge in [-0.3, -0.25) is 4.79 Å². The lowest BCUT2D eigenvalue weighted by Gasteiger charge is -2.28. The number of nitrogens with zero attached hydrogens (tertiary/aromatic N) is 1. The molecule has 0 saturated carbocycles. The molecular formula is C16H35N3O. The summed E-state index contributed by atoms with van der Waals surface area (Å²) in [6.45, 7) is 12.0. The Kier molecular flexibility index (Phi) is 8.36. The van der Waals surface area contributed by atoms with E-state index in [2.05, 4.69) is 58.9 Å². The van der Waals surface area contributed by atoms with Crippen LogP contribution in [0.1, 0.15) is 47.5 Å². The lowest BCUT2D eigenvalue weighted by Crippen LogP contribution is -2.44. The molecule has 0 aliphatic heterocycles. The van der Waals surface area contributed by atoms with Gasteiger partial charge in [0.2, 0.25) is 5.91 Å². The highest BCUT2D eigenvalue weighted by Gasteiger charge is 2.24. The van der Waals surface area contributed by atoms with Crippen LogP contribution in [0, 0.1) is 17.3 Å². The van der Waals surface area contributed by atoms with Crippen LogP contribution in [0.15, 0.2) is 0 Å². The van der Waals surface area contributed by atoms with Gasteiger partial charge in [-0.25, -0.2) is 0 Å². The van der Waals surface area contributed by atoms with E-state index in [1.54, 1.807) is 0 Å². The van der Waals surface area contributed by atoms with Crippen LogP contribution < -0.4 is 11.1 Å². The van der Waals surface area contributed by atoms with Crippen LogP contribution in [-0.4, -0.2) is 44.0 Å². The molecule has 120 valence electrons. The first-order valence-corrected chi connectivity index (χ1v) is 7.71. The Bertz CT molecular complexity index is 282. The average Bonchev–Trinajstić information content (AvgIpc) is 2.29. The van der Waals surface area contributed by atoms with E-state index in [0.717, 1.165) is 12.8 Å². The maximum Gasteiger partial charge on any atom is 0.224 e. The van der Waals surface area contributed by atoms with Gasteiger partial charge < -0.3 is 16.0 Å². The van der Waals surface area contributed by atoms with Crippen molar-refractivity contribution in [3.8, 4) is 0 Å². The highest BCUT2D eigenvalue weighted by molar-refractivity contribution is 5.78. The normalized spacial score (nSPS) is 15.5. The molecule has 3 N–H and O–H groups in total. The molecule has 0 heterocycles. The summed E-state index contributed by atoms with van der Waals surface area (Å²) in [5, 5.41) is 3.08. The van der Waals surface area contributed by atoms with Crippen LogP contribution in [0.4, 0.5) is 0 Å². The molecule has 0 saturated heterocycles. The summed E-state index contributed by atoms with van der Waals surface area (Å²) in [5.41, 5.74) is 5.88. The quantitative estimate of drug-likeness (QED) is 0.718. The molecular weight excluding hydrogens is 250 g/mol. The van der Waals surface area contributed by atoms with Gasteiger partial charge in [-0.1, -0.05) is 34.6 Å². The lowest BCUT2D eigenvalue weighted by atomic mass is 9.84. The summed E-state index contributed by atoms with van der Waals surface area (Å²) < 4.78 is 0. The zero-order valence-corrected chi connectivity index (χ0v) is 14.5. The van der Waals surface area contributed by atoms with E-state index in [1.807, 2.05) is 0 Å². The van der Waals surface area contributed by atoms with Gasteiger partial charge in [-0.15, -0.1) is 0 Å². The smallest absolute Gasteiger partial charge is 0.224 e. The summed E-state index contributed by atoms with van der Waals surface area (Å²) in [6.07, 6.45) is 1.91. The highest BCUT2D eigenvalue weighted by atomic mass is 16.1. The lowest BCUT2D eigenvalue weighted by molar-refractivity contribution is -0.125. The molecule has 2 unspecified atom stereocenters. The summed E-state index contributed by atoms with van der Waals surface area (Å²) in [5.74, 6) is 0.633. The second kappa shape index (κ2) is 8.63. The highest BCUT2D eigenvalue weighted by Crippen LogP contribution is 2.24. The van der Waals surface area contributed by atoms with Gasteiger partial charge in [0, 0.05) is 19.1 Å². The number of hydrogen-bond donors (Lipinski definition) is 2. The maximum absolute atomic E-state index is 12.3. The number of carbonyl (C=O) groups excluding carboxylic acids is 1. The molecule has 0 spiro atoms. The molecule has 2 atom stereocenters. The van der Waals surface area contributed by atoms with E-state index in [1.165, 1.54) is 0 Å². The van der Waals surface area contributed by atoms with Crippen molar-refractivity contribution >= 4 is 5.91 Å². The topological polar surface area (TPSA) is 58.4 Å². The number of likely N-dealkylation sites (N-methyl/N-ethyl adjacent to an activating group) is 1. The number of nitrogens with two attached hydrogens (primary N) is 1. The fourth-order valence-electron chi connectivity index (χ4n) is 2.41. The Morgan fingerprint density at radius 2 is 1.80 bits per heavy atom. The molecule has 0 rings (SSSR count). The minimum atomic E-state index is -0.0862. The fourth-order valence-corrected chi connectivity index (χ4v) is 2.41. The van der Waals surface area contributed by atoms with Crippen molar-refractivity contribution < 1.29 is 4.79 Å². The third-order valence-electron chi connectivity index (χ3n) is 3.50. The van der Waals surface area contributed by atoms with Crippen LogP contribution in [0.2, 0.25) is 0 Å². The molecule has 0 aromatic carbocycles. The number of carbonyl (C=O) groups is 1. The van der Waals surface area contributed by atoms with Crippen molar-refractivity contribution in [2.24, 2.45) is 23.0 Å². The van der Waals surface area contributed by atoms with Crippen molar-refractivity contribution in [1.82, 2.24) is 10.2 Å². The van der Waals surface area contributed by atoms with Crippen molar-refractivity contribution in [2.75, 3.05) is 27.2 Å². The number of amides is 1. The van der Waals surface area contributed by atoms with Gasteiger partial charge in [0.25, 0.3) is 0 Å². The van der Waals surface area contributed by atoms with Crippen LogP contribution in [0.25, 0.3) is 0 Å². The molecule has 0 aliphatic carbocycles. The van der Waals surface area contributed by atoms with Crippen molar-refractivity contribution in [2.45, 2.75) is 53.5 Å². The first-order valence-electron chi connectivity index (χ1n) is 7.71. The molecule has 0 aliphatic rings. The first-order chi connectivity index (χ1) is 9.06. The Balaban J connectivity index is 4.42. The monoisotopic (exact) mass is 285 g/mol. The summed E-state index contributed by atoms with van der Waals surface area (Å²) in [4.78, 5) is 14.4.